The van der Waals surface area contributed by atoms with Gasteiger partial charge in [0.2, 0.25) is 5.88 Å². The van der Waals surface area contributed by atoms with E-state index >= 15 is 0 Å². The molecule has 0 atom stereocenters. The van der Waals surface area contributed by atoms with Crippen LogP contribution < -0.4 is 15.6 Å². The maximum Gasteiger partial charge on any atom is 0.258 e. The Morgan fingerprint density at radius 2 is 2.16 bits per heavy atom. The summed E-state index contributed by atoms with van der Waals surface area (Å²) in [6.45, 7) is 1.81. The fourth-order valence-electron chi connectivity index (χ4n) is 2.34. The second kappa shape index (κ2) is 6.68. The van der Waals surface area contributed by atoms with E-state index in [1.54, 1.807) is 19.3 Å². The smallest absolute Gasteiger partial charge is 0.258 e. The molecule has 3 rings (SSSR count). The van der Waals surface area contributed by atoms with Crippen LogP contribution in [-0.2, 0) is 0 Å². The lowest BCUT2D eigenvalue weighted by atomic mass is 10.2. The molecule has 25 heavy (non-hydrogen) atoms. The van der Waals surface area contributed by atoms with E-state index in [4.69, 9.17) is 4.74 Å². The number of halogens is 1. The van der Waals surface area contributed by atoms with Gasteiger partial charge in [0, 0.05) is 25.5 Å². The monoisotopic (exact) mass is 341 g/mol. The van der Waals surface area contributed by atoms with Crippen molar-refractivity contribution in [1.82, 2.24) is 24.7 Å². The lowest BCUT2D eigenvalue weighted by Crippen LogP contribution is -2.18. The number of rotatable bonds is 4. The first-order valence-electron chi connectivity index (χ1n) is 7.48. The molecule has 0 aliphatic rings. The van der Waals surface area contributed by atoms with E-state index in [1.807, 2.05) is 6.92 Å². The van der Waals surface area contributed by atoms with Crippen LogP contribution in [0.4, 0.5) is 4.39 Å². The summed E-state index contributed by atoms with van der Waals surface area (Å²) >= 11 is 0. The fraction of sp³-hybridized carbons (Fsp3) is 0.176. The van der Waals surface area contributed by atoms with Gasteiger partial charge in [0.15, 0.2) is 0 Å². The van der Waals surface area contributed by atoms with E-state index < -0.39 is 5.82 Å². The molecule has 0 bridgehead atoms. The second-order valence-corrected chi connectivity index (χ2v) is 5.27. The van der Waals surface area contributed by atoms with Gasteiger partial charge in [-0.1, -0.05) is 0 Å². The van der Waals surface area contributed by atoms with Crippen molar-refractivity contribution >= 4 is 17.4 Å². The highest BCUT2D eigenvalue weighted by molar-refractivity contribution is 5.79. The summed E-state index contributed by atoms with van der Waals surface area (Å²) in [6.07, 6.45) is 4.41. The number of pyridine rings is 1. The van der Waals surface area contributed by atoms with Crippen molar-refractivity contribution in [3.05, 3.63) is 63.8 Å². The maximum atomic E-state index is 13.3. The molecule has 0 aliphatic heterocycles. The van der Waals surface area contributed by atoms with Crippen molar-refractivity contribution < 1.29 is 9.13 Å². The van der Waals surface area contributed by atoms with E-state index in [2.05, 4.69) is 20.3 Å². The first-order chi connectivity index (χ1) is 12.0. The molecule has 0 saturated carbocycles. The Bertz CT molecular complexity index is 1030. The summed E-state index contributed by atoms with van der Waals surface area (Å²) in [6, 6.07) is 4.02. The van der Waals surface area contributed by atoms with Crippen LogP contribution in [-0.4, -0.2) is 33.5 Å². The lowest BCUT2D eigenvalue weighted by Gasteiger charge is -2.09. The summed E-state index contributed by atoms with van der Waals surface area (Å²) in [5, 5.41) is 2.99. The number of hydrogen-bond donors (Lipinski definition) is 1. The van der Waals surface area contributed by atoms with Gasteiger partial charge in [0.1, 0.15) is 17.2 Å². The van der Waals surface area contributed by atoms with Gasteiger partial charge in [0.25, 0.3) is 5.56 Å². The van der Waals surface area contributed by atoms with E-state index in [9.17, 15) is 9.18 Å². The zero-order chi connectivity index (χ0) is 18.0. The number of aromatic nitrogens is 4. The normalized spacial score (nSPS) is 11.6. The summed E-state index contributed by atoms with van der Waals surface area (Å²) in [5.74, 6) is -0.138. The van der Waals surface area contributed by atoms with Crippen LogP contribution in [0, 0.1) is 12.7 Å². The van der Waals surface area contributed by atoms with Gasteiger partial charge >= 0.3 is 0 Å². The molecule has 0 unspecified atom stereocenters. The minimum Gasteiger partial charge on any atom is -0.479 e. The Balaban J connectivity index is 2.14. The van der Waals surface area contributed by atoms with Gasteiger partial charge in [-0.2, -0.15) is 0 Å². The molecule has 128 valence electrons. The summed E-state index contributed by atoms with van der Waals surface area (Å²) < 4.78 is 19.7. The van der Waals surface area contributed by atoms with Crippen molar-refractivity contribution in [3.8, 4) is 5.88 Å². The van der Waals surface area contributed by atoms with Gasteiger partial charge < -0.3 is 10.1 Å². The van der Waals surface area contributed by atoms with Gasteiger partial charge in [-0.05, 0) is 25.1 Å². The first-order valence-corrected chi connectivity index (χ1v) is 7.48. The van der Waals surface area contributed by atoms with Gasteiger partial charge in [0.05, 0.1) is 24.2 Å². The second-order valence-electron chi connectivity index (χ2n) is 5.27. The Hall–Kier alpha value is -3.29. The quantitative estimate of drug-likeness (QED) is 0.777. The summed E-state index contributed by atoms with van der Waals surface area (Å²) in [4.78, 5) is 25.2. The Labute approximate surface area is 142 Å². The van der Waals surface area contributed by atoms with Crippen LogP contribution in [0.15, 0.2) is 35.4 Å². The molecule has 3 heterocycles. The molecule has 3 aromatic heterocycles. The van der Waals surface area contributed by atoms with Crippen molar-refractivity contribution in [2.24, 2.45) is 0 Å². The predicted octanol–water partition coefficient (Wildman–Crippen LogP) is 1.66. The Morgan fingerprint density at radius 3 is 2.88 bits per heavy atom. The third-order valence-corrected chi connectivity index (χ3v) is 3.53. The SMILES string of the molecule is CNC(=Cc1ncc(C)nc1OC)c1cc(=O)n2cc(F)ccc2n1. The largest absolute Gasteiger partial charge is 0.479 e. The molecule has 7 nitrogen and oxygen atoms in total. The predicted molar refractivity (Wildman–Crippen MR) is 91.7 cm³/mol. The van der Waals surface area contributed by atoms with Crippen LogP contribution in [0.1, 0.15) is 17.1 Å². The van der Waals surface area contributed by atoms with Crippen LogP contribution in [0.5, 0.6) is 5.88 Å². The van der Waals surface area contributed by atoms with Crippen molar-refractivity contribution in [3.63, 3.8) is 0 Å². The summed E-state index contributed by atoms with van der Waals surface area (Å²) in [7, 11) is 3.21. The van der Waals surface area contributed by atoms with Crippen LogP contribution in [0.2, 0.25) is 0 Å². The summed E-state index contributed by atoms with van der Waals surface area (Å²) in [5.41, 5.74) is 2.14. The number of aryl methyl sites for hydroxylation is 1. The molecule has 0 radical (unpaired) electrons. The minimum absolute atomic E-state index is 0.340. The van der Waals surface area contributed by atoms with Crippen LogP contribution in [0.3, 0.4) is 0 Å². The molecule has 0 amide bonds. The fourth-order valence-corrected chi connectivity index (χ4v) is 2.34. The van der Waals surface area contributed by atoms with Gasteiger partial charge in [-0.15, -0.1) is 0 Å². The van der Waals surface area contributed by atoms with Crippen molar-refractivity contribution in [2.75, 3.05) is 14.2 Å². The number of hydrogen-bond acceptors (Lipinski definition) is 6. The molecule has 1 N–H and O–H groups in total. The van der Waals surface area contributed by atoms with Crippen LogP contribution in [0.25, 0.3) is 17.4 Å². The number of nitrogens with zero attached hydrogens (tertiary/aromatic N) is 4. The van der Waals surface area contributed by atoms with E-state index in [1.165, 1.54) is 25.3 Å². The maximum absolute atomic E-state index is 13.3. The van der Waals surface area contributed by atoms with E-state index in [0.717, 1.165) is 16.3 Å². The third-order valence-electron chi connectivity index (χ3n) is 3.53. The van der Waals surface area contributed by atoms with Gasteiger partial charge in [-0.3, -0.25) is 9.20 Å². The molecule has 0 fully saturated rings. The number of nitrogens with one attached hydrogen (secondary N) is 1. The molecule has 0 aromatic carbocycles. The average Bonchev–Trinajstić information content (AvgIpc) is 2.61. The molecular formula is C17H16FN5O2. The highest BCUT2D eigenvalue weighted by atomic mass is 19.1. The molecular weight excluding hydrogens is 325 g/mol. The van der Waals surface area contributed by atoms with Crippen molar-refractivity contribution in [2.45, 2.75) is 6.92 Å². The molecule has 0 saturated heterocycles. The van der Waals surface area contributed by atoms with E-state index in [-0.39, 0.29) is 5.56 Å². The topological polar surface area (TPSA) is 81.4 Å². The average molecular weight is 341 g/mol. The van der Waals surface area contributed by atoms with E-state index in [0.29, 0.717) is 28.6 Å². The molecule has 8 heteroatoms. The Morgan fingerprint density at radius 1 is 1.36 bits per heavy atom. The molecule has 0 aliphatic carbocycles. The number of methoxy groups -OCH3 is 1. The molecule has 3 aromatic rings. The zero-order valence-electron chi connectivity index (χ0n) is 13.9. The minimum atomic E-state index is -0.506. The highest BCUT2D eigenvalue weighted by Gasteiger charge is 2.10. The molecule has 0 spiro atoms. The Kier molecular flexibility index (Phi) is 4.42. The standard InChI is InChI=1S/C17H16FN5O2/c1-10-8-20-14(17(21-10)25-3)6-12(19-2)13-7-16(24)23-9-11(18)4-5-15(23)22-13/h4-9,19H,1-3H3. The highest BCUT2D eigenvalue weighted by Crippen LogP contribution is 2.19. The third kappa shape index (κ3) is 3.32. The van der Waals surface area contributed by atoms with Crippen LogP contribution >= 0.6 is 0 Å². The number of ether oxygens (including phenoxy) is 1. The van der Waals surface area contributed by atoms with Crippen molar-refractivity contribution in [1.29, 1.82) is 0 Å². The lowest BCUT2D eigenvalue weighted by molar-refractivity contribution is 0.393. The number of fused-ring (bicyclic) bond motifs is 1. The van der Waals surface area contributed by atoms with Gasteiger partial charge in [-0.25, -0.2) is 19.3 Å². The zero-order valence-corrected chi connectivity index (χ0v) is 13.9. The first kappa shape index (κ1) is 16.6.